The van der Waals surface area contributed by atoms with Crippen molar-refractivity contribution in [2.45, 2.75) is 25.9 Å². The zero-order valence-electron chi connectivity index (χ0n) is 9.17. The van der Waals surface area contributed by atoms with Gasteiger partial charge in [0.15, 0.2) is 0 Å². The Balaban J connectivity index is 2.94. The Morgan fingerprint density at radius 1 is 1.31 bits per heavy atom. The normalized spacial score (nSPS) is 14.8. The Labute approximate surface area is 112 Å². The largest absolute Gasteiger partial charge is 0.506 e. The summed E-state index contributed by atoms with van der Waals surface area (Å²) in [7, 11) is 0. The lowest BCUT2D eigenvalue weighted by molar-refractivity contribution is 0.242. The van der Waals surface area contributed by atoms with Crippen LogP contribution in [0.25, 0.3) is 0 Å². The zero-order chi connectivity index (χ0) is 12.3. The first-order chi connectivity index (χ1) is 7.45. The van der Waals surface area contributed by atoms with E-state index in [1.807, 2.05) is 19.9 Å². The minimum absolute atomic E-state index is 0.00726. The van der Waals surface area contributed by atoms with Crippen LogP contribution < -0.4 is 5.32 Å². The topological polar surface area (TPSA) is 52.5 Å². The van der Waals surface area contributed by atoms with Gasteiger partial charge in [-0.15, -0.1) is 0 Å². The van der Waals surface area contributed by atoms with E-state index >= 15 is 0 Å². The number of hydrogen-bond donors (Lipinski definition) is 3. The molecule has 3 N–H and O–H groups in total. The first kappa shape index (κ1) is 14.0. The molecule has 0 radical (unpaired) electrons. The van der Waals surface area contributed by atoms with Gasteiger partial charge in [0.1, 0.15) is 5.75 Å². The lowest BCUT2D eigenvalue weighted by Gasteiger charge is -2.20. The van der Waals surface area contributed by atoms with Crippen LogP contribution in [0.15, 0.2) is 21.1 Å². The number of aromatic hydroxyl groups is 1. The highest BCUT2D eigenvalue weighted by molar-refractivity contribution is 9.11. The van der Waals surface area contributed by atoms with E-state index < -0.39 is 0 Å². The molecule has 0 fully saturated rings. The molecular weight excluding hydrogens is 338 g/mol. The Kier molecular flexibility index (Phi) is 5.24. The highest BCUT2D eigenvalue weighted by atomic mass is 79.9. The third-order valence-electron chi connectivity index (χ3n) is 2.33. The van der Waals surface area contributed by atoms with Gasteiger partial charge in [-0.05, 0) is 41.9 Å². The standard InChI is InChI=1S/C11H15Br2NO2/c1-6(5-15)14-7(2)9-3-8(12)4-10(13)11(9)16/h3-4,6-7,14-16H,5H2,1-2H3. The molecule has 2 atom stereocenters. The number of aliphatic hydroxyl groups is 1. The number of hydrogen-bond acceptors (Lipinski definition) is 3. The van der Waals surface area contributed by atoms with Gasteiger partial charge in [-0.2, -0.15) is 0 Å². The monoisotopic (exact) mass is 351 g/mol. The molecule has 0 spiro atoms. The van der Waals surface area contributed by atoms with Crippen LogP contribution in [0.4, 0.5) is 0 Å². The lowest BCUT2D eigenvalue weighted by Crippen LogP contribution is -2.31. The molecule has 0 heterocycles. The summed E-state index contributed by atoms with van der Waals surface area (Å²) < 4.78 is 1.56. The molecule has 0 saturated heterocycles. The molecule has 0 aliphatic carbocycles. The summed E-state index contributed by atoms with van der Waals surface area (Å²) in [6.45, 7) is 3.90. The van der Waals surface area contributed by atoms with Gasteiger partial charge in [0.2, 0.25) is 0 Å². The maximum absolute atomic E-state index is 9.91. The molecule has 0 aliphatic rings. The summed E-state index contributed by atoms with van der Waals surface area (Å²) in [5.41, 5.74) is 0.793. The van der Waals surface area contributed by atoms with Crippen LogP contribution in [0.5, 0.6) is 5.75 Å². The molecule has 0 aliphatic heterocycles. The molecule has 0 saturated carbocycles. The summed E-state index contributed by atoms with van der Waals surface area (Å²) in [6, 6.07) is 3.62. The third-order valence-corrected chi connectivity index (χ3v) is 3.39. The molecule has 2 unspecified atom stereocenters. The van der Waals surface area contributed by atoms with E-state index in [0.29, 0.717) is 4.47 Å². The average molecular weight is 353 g/mol. The van der Waals surface area contributed by atoms with E-state index in [2.05, 4.69) is 37.2 Å². The van der Waals surface area contributed by atoms with Crippen molar-refractivity contribution in [3.63, 3.8) is 0 Å². The second kappa shape index (κ2) is 6.00. The van der Waals surface area contributed by atoms with Crippen molar-refractivity contribution in [2.24, 2.45) is 0 Å². The van der Waals surface area contributed by atoms with Gasteiger partial charge in [-0.3, -0.25) is 0 Å². The summed E-state index contributed by atoms with van der Waals surface area (Å²) in [5, 5.41) is 22.1. The molecule has 1 aromatic rings. The lowest BCUT2D eigenvalue weighted by atomic mass is 10.1. The van der Waals surface area contributed by atoms with Crippen molar-refractivity contribution in [1.29, 1.82) is 0 Å². The second-order valence-corrected chi connectivity index (χ2v) is 5.57. The van der Waals surface area contributed by atoms with Crippen LogP contribution in [-0.4, -0.2) is 22.9 Å². The minimum Gasteiger partial charge on any atom is -0.506 e. The molecule has 0 aromatic heterocycles. The van der Waals surface area contributed by atoms with Crippen LogP contribution in [0, 0.1) is 0 Å². The van der Waals surface area contributed by atoms with E-state index in [-0.39, 0.29) is 24.4 Å². The van der Waals surface area contributed by atoms with Gasteiger partial charge in [0.25, 0.3) is 0 Å². The highest BCUT2D eigenvalue weighted by Crippen LogP contribution is 2.35. The third kappa shape index (κ3) is 3.45. The predicted octanol–water partition coefficient (Wildman–Crippen LogP) is 2.95. The number of phenols is 1. The highest BCUT2D eigenvalue weighted by Gasteiger charge is 2.15. The van der Waals surface area contributed by atoms with E-state index in [4.69, 9.17) is 5.11 Å². The van der Waals surface area contributed by atoms with E-state index in [9.17, 15) is 5.11 Å². The number of halogens is 2. The number of phenolic OH excluding ortho intramolecular Hbond substituents is 1. The fraction of sp³-hybridized carbons (Fsp3) is 0.455. The minimum atomic E-state index is -0.0315. The first-order valence-corrected chi connectivity index (χ1v) is 6.59. The van der Waals surface area contributed by atoms with E-state index in [1.54, 1.807) is 6.07 Å². The summed E-state index contributed by atoms with van der Waals surface area (Å²) in [5.74, 6) is 0.230. The molecule has 1 rings (SSSR count). The fourth-order valence-electron chi connectivity index (χ4n) is 1.49. The number of benzene rings is 1. The smallest absolute Gasteiger partial charge is 0.134 e. The maximum Gasteiger partial charge on any atom is 0.134 e. The SMILES string of the molecule is CC(CO)NC(C)c1cc(Br)cc(Br)c1O. The van der Waals surface area contributed by atoms with Crippen molar-refractivity contribution in [3.8, 4) is 5.75 Å². The molecule has 0 amide bonds. The summed E-state index contributed by atoms with van der Waals surface area (Å²) >= 11 is 6.67. The molecule has 90 valence electrons. The molecule has 0 bridgehead atoms. The van der Waals surface area contributed by atoms with Crippen molar-refractivity contribution in [1.82, 2.24) is 5.32 Å². The van der Waals surface area contributed by atoms with Gasteiger partial charge >= 0.3 is 0 Å². The molecule has 3 nitrogen and oxygen atoms in total. The maximum atomic E-state index is 9.91. The van der Waals surface area contributed by atoms with E-state index in [1.165, 1.54) is 0 Å². The van der Waals surface area contributed by atoms with Gasteiger partial charge in [-0.25, -0.2) is 0 Å². The summed E-state index contributed by atoms with van der Waals surface area (Å²) in [6.07, 6.45) is 0. The molecule has 16 heavy (non-hydrogen) atoms. The Morgan fingerprint density at radius 2 is 1.94 bits per heavy atom. The van der Waals surface area contributed by atoms with Crippen LogP contribution in [0.1, 0.15) is 25.5 Å². The van der Waals surface area contributed by atoms with Crippen LogP contribution in [0.3, 0.4) is 0 Å². The fourth-order valence-corrected chi connectivity index (χ4v) is 2.74. The zero-order valence-corrected chi connectivity index (χ0v) is 12.3. The van der Waals surface area contributed by atoms with Crippen LogP contribution >= 0.6 is 31.9 Å². The van der Waals surface area contributed by atoms with Gasteiger partial charge in [0, 0.05) is 22.1 Å². The van der Waals surface area contributed by atoms with Gasteiger partial charge in [-0.1, -0.05) is 15.9 Å². The Hall–Kier alpha value is -0.100. The molecule has 1 aromatic carbocycles. The first-order valence-electron chi connectivity index (χ1n) is 5.00. The Morgan fingerprint density at radius 3 is 2.50 bits per heavy atom. The van der Waals surface area contributed by atoms with Crippen molar-refractivity contribution >= 4 is 31.9 Å². The Bertz CT molecular complexity index is 371. The van der Waals surface area contributed by atoms with Crippen molar-refractivity contribution in [2.75, 3.05) is 6.61 Å². The second-order valence-electron chi connectivity index (χ2n) is 3.80. The number of aliphatic hydroxyl groups excluding tert-OH is 1. The van der Waals surface area contributed by atoms with Crippen LogP contribution in [0.2, 0.25) is 0 Å². The summed E-state index contributed by atoms with van der Waals surface area (Å²) in [4.78, 5) is 0. The average Bonchev–Trinajstić information content (AvgIpc) is 2.22. The van der Waals surface area contributed by atoms with Gasteiger partial charge < -0.3 is 15.5 Å². The van der Waals surface area contributed by atoms with Crippen molar-refractivity contribution < 1.29 is 10.2 Å². The molecular formula is C11H15Br2NO2. The van der Waals surface area contributed by atoms with Crippen molar-refractivity contribution in [3.05, 3.63) is 26.6 Å². The quantitative estimate of drug-likeness (QED) is 0.780. The van der Waals surface area contributed by atoms with Crippen LogP contribution in [-0.2, 0) is 0 Å². The number of nitrogens with one attached hydrogen (secondary N) is 1. The van der Waals surface area contributed by atoms with E-state index in [0.717, 1.165) is 10.0 Å². The number of rotatable bonds is 4. The van der Waals surface area contributed by atoms with Gasteiger partial charge in [0.05, 0.1) is 11.1 Å². The predicted molar refractivity (Wildman–Crippen MR) is 71.6 cm³/mol. The molecule has 5 heteroatoms.